The Balaban J connectivity index is 1.78. The number of aliphatic carboxylic acids is 1. The number of hydrogen-bond acceptors (Lipinski definition) is 11. The zero-order chi connectivity index (χ0) is 23.4. The molecule has 14 heteroatoms. The van der Waals surface area contributed by atoms with Gasteiger partial charge >= 0.3 is 11.9 Å². The van der Waals surface area contributed by atoms with Crippen LogP contribution in [0.1, 0.15) is 12.6 Å². The lowest BCUT2D eigenvalue weighted by atomic mass is 10.0. The Morgan fingerprint density at radius 1 is 1.47 bits per heavy atom. The Hall–Kier alpha value is -3.39. The van der Waals surface area contributed by atoms with Gasteiger partial charge in [0.05, 0.1) is 6.61 Å². The van der Waals surface area contributed by atoms with Crippen molar-refractivity contribution in [1.82, 2.24) is 15.2 Å². The van der Waals surface area contributed by atoms with E-state index in [1.165, 1.54) is 30.3 Å². The van der Waals surface area contributed by atoms with E-state index in [2.05, 4.69) is 15.5 Å². The molecule has 1 saturated heterocycles. The number of carboxylic acids is 1. The van der Waals surface area contributed by atoms with Gasteiger partial charge in [-0.1, -0.05) is 5.16 Å². The number of rotatable bonds is 8. The van der Waals surface area contributed by atoms with Crippen LogP contribution in [0.15, 0.2) is 34.0 Å². The van der Waals surface area contributed by atoms with Gasteiger partial charge in [0.15, 0.2) is 10.8 Å². The van der Waals surface area contributed by atoms with E-state index < -0.39 is 35.2 Å². The van der Waals surface area contributed by atoms with Crippen molar-refractivity contribution in [3.05, 3.63) is 34.5 Å². The van der Waals surface area contributed by atoms with Crippen LogP contribution in [0, 0.1) is 0 Å². The molecule has 2 atom stereocenters. The molecule has 0 aromatic carbocycles. The highest BCUT2D eigenvalue weighted by Crippen LogP contribution is 2.40. The van der Waals surface area contributed by atoms with Crippen LogP contribution >= 0.6 is 23.1 Å². The molecule has 1 fully saturated rings. The molecule has 0 spiro atoms. The average Bonchev–Trinajstić information content (AvgIpc) is 3.19. The molecule has 0 aliphatic carbocycles. The Morgan fingerprint density at radius 3 is 2.81 bits per heavy atom. The van der Waals surface area contributed by atoms with Crippen LogP contribution < -0.4 is 11.1 Å². The first kappa shape index (κ1) is 23.3. The van der Waals surface area contributed by atoms with Crippen LogP contribution in [-0.4, -0.2) is 75.3 Å². The van der Waals surface area contributed by atoms with Crippen molar-refractivity contribution >= 4 is 57.7 Å². The molecule has 0 bridgehead atoms. The summed E-state index contributed by atoms with van der Waals surface area (Å²) in [6.07, 6.45) is 2.43. The number of nitrogens with one attached hydrogen (secondary N) is 1. The third-order valence-electron chi connectivity index (χ3n) is 4.36. The maximum atomic E-state index is 12.7. The van der Waals surface area contributed by atoms with Gasteiger partial charge in [0.2, 0.25) is 0 Å². The van der Waals surface area contributed by atoms with Crippen LogP contribution in [0.5, 0.6) is 0 Å². The zero-order valence-corrected chi connectivity index (χ0v) is 18.6. The topological polar surface area (TPSA) is 174 Å². The molecule has 3 heterocycles. The number of carbonyl (C=O) groups excluding carboxylic acids is 3. The van der Waals surface area contributed by atoms with Gasteiger partial charge in [-0.3, -0.25) is 14.5 Å². The summed E-state index contributed by atoms with van der Waals surface area (Å²) in [5, 5.41) is 17.0. The number of amides is 2. The van der Waals surface area contributed by atoms with Crippen LogP contribution in [0.3, 0.4) is 0 Å². The standard InChI is InChI=1S/C18H19N5O7S2/c1-3-30-10(24)5-4-8-6-31-16-12(15(26)23(16)13(8)17(27)28)21-14(25)11(22-29-2)9-7-32-18(19)20-9/h4-5,7,12,16H,3,6H2,1-2H3,(H2,19,20)(H,21,25)(H,27,28)/t12?,16-/m1/s1. The number of carboxylic acid groups (broad SMARTS) is 1. The summed E-state index contributed by atoms with van der Waals surface area (Å²) in [6, 6.07) is -0.976. The fraction of sp³-hybridized carbons (Fsp3) is 0.333. The largest absolute Gasteiger partial charge is 0.477 e. The number of nitrogens with zero attached hydrogens (tertiary/aromatic N) is 3. The summed E-state index contributed by atoms with van der Waals surface area (Å²) in [6.45, 7) is 1.83. The van der Waals surface area contributed by atoms with Crippen molar-refractivity contribution in [2.75, 3.05) is 25.2 Å². The molecule has 4 N–H and O–H groups in total. The number of ether oxygens (including phenoxy) is 1. The Kier molecular flexibility index (Phi) is 7.15. The van der Waals surface area contributed by atoms with E-state index in [4.69, 9.17) is 15.3 Å². The minimum Gasteiger partial charge on any atom is -0.477 e. The zero-order valence-electron chi connectivity index (χ0n) is 16.9. The molecule has 0 radical (unpaired) electrons. The van der Waals surface area contributed by atoms with E-state index in [0.717, 1.165) is 22.3 Å². The number of aromatic nitrogens is 1. The molecule has 1 unspecified atom stereocenters. The van der Waals surface area contributed by atoms with E-state index >= 15 is 0 Å². The van der Waals surface area contributed by atoms with E-state index in [9.17, 15) is 24.3 Å². The van der Waals surface area contributed by atoms with E-state index in [0.29, 0.717) is 0 Å². The summed E-state index contributed by atoms with van der Waals surface area (Å²) in [7, 11) is 1.26. The van der Waals surface area contributed by atoms with Crippen LogP contribution in [-0.2, 0) is 28.8 Å². The van der Waals surface area contributed by atoms with Crippen LogP contribution in [0.2, 0.25) is 0 Å². The maximum absolute atomic E-state index is 12.7. The molecule has 32 heavy (non-hydrogen) atoms. The summed E-state index contributed by atoms with van der Waals surface area (Å²) in [5.41, 5.74) is 5.65. The van der Waals surface area contributed by atoms with Gasteiger partial charge in [0.25, 0.3) is 11.8 Å². The van der Waals surface area contributed by atoms with Crippen molar-refractivity contribution in [3.63, 3.8) is 0 Å². The van der Waals surface area contributed by atoms with Gasteiger partial charge in [-0.05, 0) is 18.6 Å². The Bertz CT molecular complexity index is 1050. The summed E-state index contributed by atoms with van der Waals surface area (Å²) < 4.78 is 4.79. The molecular weight excluding hydrogens is 462 g/mol. The number of oxime groups is 1. The lowest BCUT2D eigenvalue weighted by Crippen LogP contribution is -2.71. The molecule has 2 aliphatic rings. The number of thioether (sulfide) groups is 1. The molecule has 1 aromatic rings. The monoisotopic (exact) mass is 481 g/mol. The smallest absolute Gasteiger partial charge is 0.352 e. The molecule has 170 valence electrons. The first-order valence-electron chi connectivity index (χ1n) is 9.17. The quantitative estimate of drug-likeness (QED) is 0.150. The number of fused-ring (bicyclic) bond motifs is 1. The van der Waals surface area contributed by atoms with Gasteiger partial charge in [0, 0.05) is 17.2 Å². The number of carbonyl (C=O) groups is 4. The third kappa shape index (κ3) is 4.60. The number of thiazole rings is 1. The van der Waals surface area contributed by atoms with Gasteiger partial charge in [0.1, 0.15) is 29.9 Å². The average molecular weight is 482 g/mol. The summed E-state index contributed by atoms with van der Waals surface area (Å²) >= 11 is 2.35. The fourth-order valence-corrected chi connectivity index (χ4v) is 4.90. The molecule has 3 rings (SSSR count). The predicted molar refractivity (Wildman–Crippen MR) is 116 cm³/mol. The predicted octanol–water partition coefficient (Wildman–Crippen LogP) is -0.0663. The van der Waals surface area contributed by atoms with Crippen molar-refractivity contribution in [3.8, 4) is 0 Å². The second-order valence-electron chi connectivity index (χ2n) is 6.32. The van der Waals surface area contributed by atoms with Crippen molar-refractivity contribution in [2.45, 2.75) is 18.3 Å². The number of nitrogen functional groups attached to an aromatic ring is 1. The van der Waals surface area contributed by atoms with Gasteiger partial charge in [-0.25, -0.2) is 14.6 Å². The highest BCUT2D eigenvalue weighted by Gasteiger charge is 2.54. The number of anilines is 1. The SMILES string of the molecule is CCOC(=O)C=CC1=C(C(=O)O)N2C(=O)C(NC(=O)C(=NOC)c3csc(N)n3)[C@H]2SC1. The molecular formula is C18H19N5O7S2. The van der Waals surface area contributed by atoms with Gasteiger partial charge < -0.3 is 25.7 Å². The maximum Gasteiger partial charge on any atom is 0.352 e. The highest BCUT2D eigenvalue weighted by atomic mass is 32.2. The molecule has 0 saturated carbocycles. The number of nitrogens with two attached hydrogens (primary N) is 1. The Morgan fingerprint density at radius 2 is 2.22 bits per heavy atom. The molecule has 1 aromatic heterocycles. The highest BCUT2D eigenvalue weighted by molar-refractivity contribution is 8.00. The third-order valence-corrected chi connectivity index (χ3v) is 6.33. The number of hydrogen-bond donors (Lipinski definition) is 3. The fourth-order valence-electron chi connectivity index (χ4n) is 3.03. The number of allylic oxidation sites excluding steroid dienone is 1. The normalized spacial score (nSPS) is 20.6. The second-order valence-corrected chi connectivity index (χ2v) is 8.31. The van der Waals surface area contributed by atoms with Crippen molar-refractivity contribution < 1.29 is 33.9 Å². The molecule has 2 aliphatic heterocycles. The van der Waals surface area contributed by atoms with Crippen LogP contribution in [0.25, 0.3) is 0 Å². The first-order chi connectivity index (χ1) is 15.3. The summed E-state index contributed by atoms with van der Waals surface area (Å²) in [5.74, 6) is -3.06. The number of β-lactam (4-membered cyclic amide) rings is 1. The molecule has 12 nitrogen and oxygen atoms in total. The van der Waals surface area contributed by atoms with Crippen molar-refractivity contribution in [1.29, 1.82) is 0 Å². The molecule has 2 amide bonds. The lowest BCUT2D eigenvalue weighted by Gasteiger charge is -2.49. The van der Waals surface area contributed by atoms with E-state index in [1.807, 2.05) is 0 Å². The second kappa shape index (κ2) is 9.82. The minimum absolute atomic E-state index is 0.167. The van der Waals surface area contributed by atoms with Gasteiger partial charge in [-0.2, -0.15) is 0 Å². The number of esters is 1. The minimum atomic E-state index is -1.32. The lowest BCUT2D eigenvalue weighted by molar-refractivity contribution is -0.150. The summed E-state index contributed by atoms with van der Waals surface area (Å²) in [4.78, 5) is 58.6. The van der Waals surface area contributed by atoms with Crippen LogP contribution in [0.4, 0.5) is 5.13 Å². The first-order valence-corrected chi connectivity index (χ1v) is 11.1. The van der Waals surface area contributed by atoms with E-state index in [-0.39, 0.29) is 40.2 Å². The Labute approximate surface area is 190 Å². The van der Waals surface area contributed by atoms with Crippen molar-refractivity contribution in [2.24, 2.45) is 5.16 Å². The van der Waals surface area contributed by atoms with Gasteiger partial charge in [-0.15, -0.1) is 23.1 Å². The van der Waals surface area contributed by atoms with E-state index in [1.54, 1.807) is 6.92 Å².